The Hall–Kier alpha value is -1.33. The predicted molar refractivity (Wildman–Crippen MR) is 62.5 cm³/mol. The van der Waals surface area contributed by atoms with Gasteiger partial charge in [0.25, 0.3) is 0 Å². The standard InChI is InChI=1S/C13H18N2/c1-2-13(15-10-6-9-14)11-12-7-4-3-5-8-12/h3-5,7-8,13,15H,2,6,10-11H2,1H3. The molecule has 0 heterocycles. The van der Waals surface area contributed by atoms with Crippen LogP contribution >= 0.6 is 0 Å². The molecule has 0 spiro atoms. The molecule has 80 valence electrons. The molecular formula is C13H18N2. The average molecular weight is 202 g/mol. The molecule has 0 fully saturated rings. The van der Waals surface area contributed by atoms with Crippen LogP contribution in [0.2, 0.25) is 0 Å². The molecule has 1 N–H and O–H groups in total. The van der Waals surface area contributed by atoms with Gasteiger partial charge in [-0.25, -0.2) is 0 Å². The molecule has 0 aliphatic rings. The molecule has 2 nitrogen and oxygen atoms in total. The third kappa shape index (κ3) is 4.62. The normalized spacial score (nSPS) is 12.0. The second kappa shape index (κ2) is 7.03. The van der Waals surface area contributed by atoms with Gasteiger partial charge in [0.2, 0.25) is 0 Å². The third-order valence-corrected chi connectivity index (χ3v) is 2.49. The van der Waals surface area contributed by atoms with Crippen LogP contribution in [0.15, 0.2) is 30.3 Å². The lowest BCUT2D eigenvalue weighted by Crippen LogP contribution is -2.31. The molecule has 0 amide bonds. The van der Waals surface area contributed by atoms with E-state index in [0.29, 0.717) is 12.5 Å². The Kier molecular flexibility index (Phi) is 5.50. The molecule has 0 aliphatic heterocycles. The van der Waals surface area contributed by atoms with Crippen molar-refractivity contribution in [1.82, 2.24) is 5.32 Å². The minimum absolute atomic E-state index is 0.487. The van der Waals surface area contributed by atoms with E-state index in [4.69, 9.17) is 5.26 Å². The summed E-state index contributed by atoms with van der Waals surface area (Å²) in [7, 11) is 0. The van der Waals surface area contributed by atoms with Gasteiger partial charge < -0.3 is 5.32 Å². The van der Waals surface area contributed by atoms with Crippen molar-refractivity contribution in [3.63, 3.8) is 0 Å². The number of nitrogens with zero attached hydrogens (tertiary/aromatic N) is 1. The first-order valence-corrected chi connectivity index (χ1v) is 5.51. The summed E-state index contributed by atoms with van der Waals surface area (Å²) in [5.41, 5.74) is 1.36. The summed E-state index contributed by atoms with van der Waals surface area (Å²) < 4.78 is 0. The highest BCUT2D eigenvalue weighted by Gasteiger charge is 2.05. The predicted octanol–water partition coefficient (Wildman–Crippen LogP) is 2.51. The molecule has 0 aromatic heterocycles. The number of nitriles is 1. The van der Waals surface area contributed by atoms with Crippen molar-refractivity contribution in [1.29, 1.82) is 5.26 Å². The highest BCUT2D eigenvalue weighted by atomic mass is 14.9. The molecular weight excluding hydrogens is 184 g/mol. The summed E-state index contributed by atoms with van der Waals surface area (Å²) in [5.74, 6) is 0. The van der Waals surface area contributed by atoms with Gasteiger partial charge in [-0.1, -0.05) is 37.3 Å². The van der Waals surface area contributed by atoms with E-state index in [1.165, 1.54) is 5.56 Å². The van der Waals surface area contributed by atoms with E-state index in [9.17, 15) is 0 Å². The smallest absolute Gasteiger partial charge is 0.0635 e. The Morgan fingerprint density at radius 2 is 2.07 bits per heavy atom. The Balaban J connectivity index is 2.37. The molecule has 15 heavy (non-hydrogen) atoms. The highest BCUT2D eigenvalue weighted by Crippen LogP contribution is 2.05. The van der Waals surface area contributed by atoms with E-state index < -0.39 is 0 Å². The number of hydrogen-bond acceptors (Lipinski definition) is 2. The maximum Gasteiger partial charge on any atom is 0.0635 e. The van der Waals surface area contributed by atoms with Gasteiger partial charge in [-0.3, -0.25) is 0 Å². The fourth-order valence-electron chi connectivity index (χ4n) is 1.59. The minimum Gasteiger partial charge on any atom is -0.313 e. The lowest BCUT2D eigenvalue weighted by atomic mass is 10.0. The zero-order chi connectivity index (χ0) is 10.9. The van der Waals surface area contributed by atoms with Crippen LogP contribution in [-0.4, -0.2) is 12.6 Å². The number of nitrogens with one attached hydrogen (secondary N) is 1. The molecule has 1 unspecified atom stereocenters. The van der Waals surface area contributed by atoms with Crippen LogP contribution in [-0.2, 0) is 6.42 Å². The van der Waals surface area contributed by atoms with Crippen LogP contribution < -0.4 is 5.32 Å². The van der Waals surface area contributed by atoms with Gasteiger partial charge >= 0.3 is 0 Å². The summed E-state index contributed by atoms with van der Waals surface area (Å²) in [6.45, 7) is 2.97. The van der Waals surface area contributed by atoms with Gasteiger partial charge in [0.1, 0.15) is 0 Å². The maximum atomic E-state index is 8.45. The first kappa shape index (κ1) is 11.7. The monoisotopic (exact) mass is 202 g/mol. The second-order valence-electron chi connectivity index (χ2n) is 3.66. The van der Waals surface area contributed by atoms with E-state index in [1.807, 2.05) is 6.07 Å². The highest BCUT2D eigenvalue weighted by molar-refractivity contribution is 5.15. The van der Waals surface area contributed by atoms with Crippen molar-refractivity contribution < 1.29 is 0 Å². The Bertz CT molecular complexity index is 300. The summed E-state index contributed by atoms with van der Waals surface area (Å²) in [6, 6.07) is 13.1. The molecule has 0 aliphatic carbocycles. The summed E-state index contributed by atoms with van der Waals surface area (Å²) >= 11 is 0. The van der Waals surface area contributed by atoms with E-state index in [-0.39, 0.29) is 0 Å². The van der Waals surface area contributed by atoms with E-state index in [0.717, 1.165) is 19.4 Å². The van der Waals surface area contributed by atoms with Crippen molar-refractivity contribution in [2.45, 2.75) is 32.2 Å². The lowest BCUT2D eigenvalue weighted by molar-refractivity contribution is 0.501. The van der Waals surface area contributed by atoms with Crippen LogP contribution in [0.4, 0.5) is 0 Å². The van der Waals surface area contributed by atoms with Crippen LogP contribution in [0.1, 0.15) is 25.3 Å². The van der Waals surface area contributed by atoms with Crippen molar-refractivity contribution in [3.8, 4) is 6.07 Å². The molecule has 0 saturated heterocycles. The third-order valence-electron chi connectivity index (χ3n) is 2.49. The molecule has 1 aromatic carbocycles. The first-order valence-electron chi connectivity index (χ1n) is 5.51. The molecule has 0 bridgehead atoms. The van der Waals surface area contributed by atoms with Gasteiger partial charge in [-0.15, -0.1) is 0 Å². The van der Waals surface area contributed by atoms with Crippen LogP contribution in [0.25, 0.3) is 0 Å². The number of hydrogen-bond donors (Lipinski definition) is 1. The Labute approximate surface area is 91.9 Å². The topological polar surface area (TPSA) is 35.8 Å². The van der Waals surface area contributed by atoms with Gasteiger partial charge in [-0.2, -0.15) is 5.26 Å². The first-order chi connectivity index (χ1) is 7.36. The number of benzene rings is 1. The Morgan fingerprint density at radius 3 is 2.67 bits per heavy atom. The quantitative estimate of drug-likeness (QED) is 0.719. The van der Waals surface area contributed by atoms with Gasteiger partial charge in [-0.05, 0) is 18.4 Å². The molecule has 1 rings (SSSR count). The fourth-order valence-corrected chi connectivity index (χ4v) is 1.59. The van der Waals surface area contributed by atoms with Crippen molar-refractivity contribution in [2.75, 3.05) is 6.54 Å². The van der Waals surface area contributed by atoms with Gasteiger partial charge in [0.05, 0.1) is 6.07 Å². The van der Waals surface area contributed by atoms with Crippen LogP contribution in [0.5, 0.6) is 0 Å². The summed E-state index contributed by atoms with van der Waals surface area (Å²) in [6.07, 6.45) is 2.73. The zero-order valence-corrected chi connectivity index (χ0v) is 9.24. The lowest BCUT2D eigenvalue weighted by Gasteiger charge is -2.15. The fraction of sp³-hybridized carbons (Fsp3) is 0.462. The average Bonchev–Trinajstić information content (AvgIpc) is 2.29. The second-order valence-corrected chi connectivity index (χ2v) is 3.66. The van der Waals surface area contributed by atoms with Crippen LogP contribution in [0, 0.1) is 11.3 Å². The Morgan fingerprint density at radius 1 is 1.33 bits per heavy atom. The SMILES string of the molecule is CCC(Cc1ccccc1)NCCC#N. The minimum atomic E-state index is 0.487. The van der Waals surface area contributed by atoms with Gasteiger partial charge in [0, 0.05) is 19.0 Å². The zero-order valence-electron chi connectivity index (χ0n) is 9.24. The summed E-state index contributed by atoms with van der Waals surface area (Å²) in [4.78, 5) is 0. The molecule has 0 radical (unpaired) electrons. The molecule has 1 atom stereocenters. The van der Waals surface area contributed by atoms with Crippen molar-refractivity contribution in [2.24, 2.45) is 0 Å². The largest absolute Gasteiger partial charge is 0.313 e. The summed E-state index contributed by atoms with van der Waals surface area (Å²) in [5, 5.41) is 11.8. The van der Waals surface area contributed by atoms with Crippen molar-refractivity contribution >= 4 is 0 Å². The van der Waals surface area contributed by atoms with E-state index in [2.05, 4.69) is 42.6 Å². The molecule has 1 aromatic rings. The molecule has 2 heteroatoms. The maximum absolute atomic E-state index is 8.45. The van der Waals surface area contributed by atoms with E-state index in [1.54, 1.807) is 0 Å². The van der Waals surface area contributed by atoms with Crippen molar-refractivity contribution in [3.05, 3.63) is 35.9 Å². The molecule has 0 saturated carbocycles. The van der Waals surface area contributed by atoms with E-state index >= 15 is 0 Å². The van der Waals surface area contributed by atoms with Gasteiger partial charge in [0.15, 0.2) is 0 Å². The van der Waals surface area contributed by atoms with Crippen LogP contribution in [0.3, 0.4) is 0 Å². The number of rotatable bonds is 6.